The topological polar surface area (TPSA) is 64.9 Å². The Hall–Kier alpha value is -5.23. The predicted molar refractivity (Wildman–Crippen MR) is 179 cm³/mol. The molecule has 206 valence electrons. The number of hydrogen-bond donors (Lipinski definition) is 1. The summed E-state index contributed by atoms with van der Waals surface area (Å²) in [5, 5.41) is 18.0. The number of carbonyl (C=O) groups is 1. The summed E-state index contributed by atoms with van der Waals surface area (Å²) in [6.07, 6.45) is 2.86. The lowest BCUT2D eigenvalue weighted by Crippen LogP contribution is -2.25. The number of amides is 1. The fourth-order valence-corrected chi connectivity index (χ4v) is 8.33. The van der Waals surface area contributed by atoms with Crippen molar-refractivity contribution in [2.75, 3.05) is 17.3 Å². The molecule has 8 aromatic rings. The minimum atomic E-state index is 0.471. The molecule has 0 aliphatic rings. The number of thiophene rings is 2. The van der Waals surface area contributed by atoms with Gasteiger partial charge >= 0.3 is 0 Å². The van der Waals surface area contributed by atoms with Gasteiger partial charge in [-0.3, -0.25) is 9.69 Å². The molecule has 8 heteroatoms. The lowest BCUT2D eigenvalue weighted by molar-refractivity contribution is -0.645. The molecule has 1 N–H and O–H groups in total. The van der Waals surface area contributed by atoms with Crippen LogP contribution in [-0.2, 0) is 11.8 Å². The van der Waals surface area contributed by atoms with E-state index in [4.69, 9.17) is 0 Å². The molecule has 43 heavy (non-hydrogen) atoms. The van der Waals surface area contributed by atoms with Gasteiger partial charge in [-0.1, -0.05) is 36.4 Å². The third-order valence-corrected chi connectivity index (χ3v) is 10.4. The molecule has 8 rings (SSSR count). The maximum Gasteiger partial charge on any atom is 0.249 e. The normalized spacial score (nSPS) is 11.6. The van der Waals surface area contributed by atoms with Gasteiger partial charge in [0.25, 0.3) is 0 Å². The number of hydrogen-bond acceptors (Lipinski definition) is 5. The van der Waals surface area contributed by atoms with Crippen LogP contribution in [0.15, 0.2) is 97.3 Å². The van der Waals surface area contributed by atoms with Crippen LogP contribution in [0.2, 0.25) is 0 Å². The fraction of sp³-hybridized carbons (Fsp3) is 0.0571. The van der Waals surface area contributed by atoms with Gasteiger partial charge in [0, 0.05) is 65.6 Å². The number of rotatable bonds is 5. The third-order valence-electron chi connectivity index (χ3n) is 8.12. The second-order valence-electron chi connectivity index (χ2n) is 10.6. The number of nitriles is 1. The molecular formula is C35H24N5OS2+. The van der Waals surface area contributed by atoms with Crippen LogP contribution in [0.1, 0.15) is 5.56 Å². The quantitative estimate of drug-likeness (QED) is 0.161. The molecule has 3 aromatic heterocycles. The molecular weight excluding hydrogens is 571 g/mol. The van der Waals surface area contributed by atoms with Crippen molar-refractivity contribution in [3.8, 4) is 11.8 Å². The van der Waals surface area contributed by atoms with Gasteiger partial charge in [-0.05, 0) is 36.4 Å². The zero-order valence-corrected chi connectivity index (χ0v) is 25.0. The summed E-state index contributed by atoms with van der Waals surface area (Å²) in [5.74, 6) is 0. The van der Waals surface area contributed by atoms with Gasteiger partial charge in [-0.25, -0.2) is 4.57 Å². The second kappa shape index (κ2) is 9.66. The van der Waals surface area contributed by atoms with Crippen molar-refractivity contribution in [1.82, 2.24) is 4.57 Å². The molecule has 0 unspecified atom stereocenters. The van der Waals surface area contributed by atoms with E-state index in [1.165, 1.54) is 24.9 Å². The molecule has 0 spiro atoms. The van der Waals surface area contributed by atoms with E-state index in [0.29, 0.717) is 11.3 Å². The van der Waals surface area contributed by atoms with Gasteiger partial charge in [0.2, 0.25) is 12.7 Å². The number of imidazole rings is 1. The van der Waals surface area contributed by atoms with Crippen LogP contribution >= 0.6 is 22.7 Å². The van der Waals surface area contributed by atoms with E-state index in [2.05, 4.69) is 81.2 Å². The highest BCUT2D eigenvalue weighted by Crippen LogP contribution is 2.42. The minimum Gasteiger partial charge on any atom is -0.386 e. The smallest absolute Gasteiger partial charge is 0.249 e. The monoisotopic (exact) mass is 594 g/mol. The Morgan fingerprint density at radius 3 is 2.19 bits per heavy atom. The molecule has 6 nitrogen and oxygen atoms in total. The average molecular weight is 595 g/mol. The molecule has 0 radical (unpaired) electrons. The van der Waals surface area contributed by atoms with Crippen LogP contribution in [0.5, 0.6) is 0 Å². The van der Waals surface area contributed by atoms with E-state index in [1.807, 2.05) is 44.7 Å². The fourth-order valence-electron chi connectivity index (χ4n) is 6.08. The van der Waals surface area contributed by atoms with Crippen molar-refractivity contribution in [1.29, 1.82) is 5.26 Å². The SMILES string of the molecule is CNc1cc2sc3ccccc3c2cc1N(C=O)c1cc(C#N)cc(-n2c[n+](C)c3cc4sc5ccccc5c4cc32)c1. The van der Waals surface area contributed by atoms with E-state index in [-0.39, 0.29) is 0 Å². The van der Waals surface area contributed by atoms with Crippen LogP contribution < -0.4 is 14.8 Å². The maximum atomic E-state index is 12.8. The lowest BCUT2D eigenvalue weighted by atomic mass is 10.1. The molecule has 0 aliphatic carbocycles. The summed E-state index contributed by atoms with van der Waals surface area (Å²) >= 11 is 3.52. The van der Waals surface area contributed by atoms with Gasteiger partial charge in [0.1, 0.15) is 5.69 Å². The number of nitrogens with zero attached hydrogens (tertiary/aromatic N) is 4. The van der Waals surface area contributed by atoms with Crippen molar-refractivity contribution < 1.29 is 9.36 Å². The van der Waals surface area contributed by atoms with Crippen molar-refractivity contribution in [2.45, 2.75) is 0 Å². The van der Waals surface area contributed by atoms with E-state index in [1.54, 1.807) is 33.6 Å². The number of aryl methyl sites for hydroxylation is 1. The van der Waals surface area contributed by atoms with Crippen LogP contribution in [0, 0.1) is 11.3 Å². The zero-order chi connectivity index (χ0) is 29.2. The molecule has 0 saturated heterocycles. The highest BCUT2D eigenvalue weighted by molar-refractivity contribution is 7.26. The Morgan fingerprint density at radius 2 is 1.51 bits per heavy atom. The van der Waals surface area contributed by atoms with Crippen molar-refractivity contribution in [2.24, 2.45) is 7.05 Å². The summed E-state index contributed by atoms with van der Waals surface area (Å²) < 4.78 is 9.03. The first-order chi connectivity index (χ1) is 21.1. The maximum absolute atomic E-state index is 12.8. The Kier molecular flexibility index (Phi) is 5.73. The van der Waals surface area contributed by atoms with Crippen LogP contribution in [0.4, 0.5) is 17.1 Å². The number of anilines is 3. The molecule has 0 atom stereocenters. The average Bonchev–Trinajstić information content (AvgIpc) is 3.70. The Morgan fingerprint density at radius 1 is 0.837 bits per heavy atom. The summed E-state index contributed by atoms with van der Waals surface area (Å²) in [7, 11) is 3.89. The second-order valence-corrected chi connectivity index (χ2v) is 12.7. The zero-order valence-electron chi connectivity index (χ0n) is 23.3. The first-order valence-electron chi connectivity index (χ1n) is 13.8. The van der Waals surface area contributed by atoms with Crippen molar-refractivity contribution in [3.63, 3.8) is 0 Å². The van der Waals surface area contributed by atoms with Gasteiger partial charge in [0.05, 0.1) is 35.7 Å². The van der Waals surface area contributed by atoms with Gasteiger partial charge < -0.3 is 5.32 Å². The molecule has 0 fully saturated rings. The first-order valence-corrected chi connectivity index (χ1v) is 15.4. The first kappa shape index (κ1) is 25.5. The van der Waals surface area contributed by atoms with Crippen molar-refractivity contribution >= 4 is 97.5 Å². The number of nitrogens with one attached hydrogen (secondary N) is 1. The molecule has 0 aliphatic heterocycles. The predicted octanol–water partition coefficient (Wildman–Crippen LogP) is 8.40. The number of carbonyl (C=O) groups excluding carboxylic acids is 1. The van der Waals surface area contributed by atoms with E-state index in [9.17, 15) is 10.1 Å². The Labute approximate surface area is 254 Å². The number of aromatic nitrogens is 2. The third kappa shape index (κ3) is 3.90. The molecule has 0 bridgehead atoms. The Bertz CT molecular complexity index is 2460. The van der Waals surface area contributed by atoms with E-state index in [0.717, 1.165) is 50.0 Å². The van der Waals surface area contributed by atoms with Crippen LogP contribution in [0.3, 0.4) is 0 Å². The van der Waals surface area contributed by atoms with E-state index < -0.39 is 0 Å². The van der Waals surface area contributed by atoms with Crippen LogP contribution in [-0.4, -0.2) is 18.0 Å². The van der Waals surface area contributed by atoms with Gasteiger partial charge in [-0.2, -0.15) is 9.83 Å². The Balaban J connectivity index is 1.33. The highest BCUT2D eigenvalue weighted by Gasteiger charge is 2.22. The lowest BCUT2D eigenvalue weighted by Gasteiger charge is -2.22. The minimum absolute atomic E-state index is 0.471. The number of fused-ring (bicyclic) bond motifs is 7. The standard InChI is InChI=1S/C35H24N5OS2/c1-37-28-16-34-26(24-7-3-5-9-32(24)42-34)14-29(28)40(20-41)23-12-21(18-36)11-22(13-23)39-19-38(2)30-17-35-27(15-31(30)39)25-8-4-6-10-33(25)43-35/h3-17,19-20,37H,1-2H3/q+1. The molecule has 1 amide bonds. The molecule has 3 heterocycles. The number of benzene rings is 5. The summed E-state index contributed by atoms with van der Waals surface area (Å²) in [6, 6.07) is 33.3. The highest BCUT2D eigenvalue weighted by atomic mass is 32.1. The molecule has 5 aromatic carbocycles. The summed E-state index contributed by atoms with van der Waals surface area (Å²) in [4.78, 5) is 14.4. The van der Waals surface area contributed by atoms with E-state index >= 15 is 0 Å². The van der Waals surface area contributed by atoms with Crippen molar-refractivity contribution in [3.05, 3.63) is 103 Å². The van der Waals surface area contributed by atoms with Gasteiger partial charge in [0.15, 0.2) is 11.0 Å². The molecule has 0 saturated carbocycles. The van der Waals surface area contributed by atoms with Crippen LogP contribution in [0.25, 0.3) is 57.1 Å². The summed E-state index contributed by atoms with van der Waals surface area (Å²) in [5.41, 5.74) is 5.56. The summed E-state index contributed by atoms with van der Waals surface area (Å²) in [6.45, 7) is 0. The largest absolute Gasteiger partial charge is 0.386 e. The van der Waals surface area contributed by atoms with Gasteiger partial charge in [-0.15, -0.1) is 22.7 Å².